The number of aromatic amines is 1. The zero-order valence-electron chi connectivity index (χ0n) is 9.89. The lowest BCUT2D eigenvalue weighted by molar-refractivity contribution is -0.140. The first kappa shape index (κ1) is 14.2. The van der Waals surface area contributed by atoms with Crippen LogP contribution in [0.5, 0.6) is 0 Å². The molecule has 1 aromatic heterocycles. The van der Waals surface area contributed by atoms with E-state index in [4.69, 9.17) is 5.11 Å². The van der Waals surface area contributed by atoms with Crippen LogP contribution in [-0.2, 0) is 9.59 Å². The maximum Gasteiger partial charge on any atom is 0.327 e. The third kappa shape index (κ3) is 4.58. The van der Waals surface area contributed by atoms with Crippen LogP contribution < -0.4 is 10.9 Å². The Labute approximate surface area is 107 Å². The average molecular weight is 271 g/mol. The third-order valence-electron chi connectivity index (χ3n) is 1.91. The van der Waals surface area contributed by atoms with E-state index < -0.39 is 17.9 Å². The van der Waals surface area contributed by atoms with Gasteiger partial charge in [-0.15, -0.1) is 0 Å². The number of nitrogens with zero attached hydrogens (tertiary/aromatic N) is 1. The molecule has 1 rings (SSSR count). The van der Waals surface area contributed by atoms with Gasteiger partial charge >= 0.3 is 5.97 Å². The Morgan fingerprint density at radius 3 is 2.78 bits per heavy atom. The van der Waals surface area contributed by atoms with Gasteiger partial charge in [-0.25, -0.2) is 9.78 Å². The van der Waals surface area contributed by atoms with Crippen LogP contribution >= 0.6 is 11.8 Å². The summed E-state index contributed by atoms with van der Waals surface area (Å²) in [5.74, 6) is -1.47. The summed E-state index contributed by atoms with van der Waals surface area (Å²) in [5, 5.41) is 11.5. The molecule has 0 aromatic carbocycles. The number of aromatic nitrogens is 2. The fourth-order valence-electron chi connectivity index (χ4n) is 1.20. The summed E-state index contributed by atoms with van der Waals surface area (Å²) >= 11 is 1.06. The molecule has 1 aromatic rings. The lowest BCUT2D eigenvalue weighted by Crippen LogP contribution is -2.41. The molecule has 0 spiro atoms. The Morgan fingerprint density at radius 2 is 2.28 bits per heavy atom. The minimum Gasteiger partial charge on any atom is -0.480 e. The van der Waals surface area contributed by atoms with Crippen LogP contribution in [0.1, 0.15) is 12.6 Å². The van der Waals surface area contributed by atoms with Crippen molar-refractivity contribution in [2.45, 2.75) is 25.0 Å². The molecule has 0 aliphatic rings. The van der Waals surface area contributed by atoms with Crippen molar-refractivity contribution in [3.05, 3.63) is 22.1 Å². The zero-order valence-corrected chi connectivity index (χ0v) is 10.7. The van der Waals surface area contributed by atoms with E-state index in [2.05, 4.69) is 15.3 Å². The summed E-state index contributed by atoms with van der Waals surface area (Å²) < 4.78 is 0. The van der Waals surface area contributed by atoms with Crippen molar-refractivity contribution in [3.8, 4) is 0 Å². The molecule has 0 saturated heterocycles. The van der Waals surface area contributed by atoms with E-state index in [0.29, 0.717) is 10.9 Å². The number of carboxylic acids is 1. The molecule has 1 atom stereocenters. The molecule has 0 aliphatic carbocycles. The molecule has 8 heteroatoms. The van der Waals surface area contributed by atoms with Gasteiger partial charge in [-0.2, -0.15) is 0 Å². The highest BCUT2D eigenvalue weighted by Crippen LogP contribution is 2.12. The first-order valence-electron chi connectivity index (χ1n) is 5.09. The minimum absolute atomic E-state index is 0.0846. The number of aliphatic carboxylic acids is 1. The highest BCUT2D eigenvalue weighted by Gasteiger charge is 2.19. The Balaban J connectivity index is 2.69. The van der Waals surface area contributed by atoms with Gasteiger partial charge in [0.05, 0.1) is 0 Å². The van der Waals surface area contributed by atoms with Crippen molar-refractivity contribution in [1.29, 1.82) is 0 Å². The van der Waals surface area contributed by atoms with Crippen LogP contribution in [0.25, 0.3) is 0 Å². The predicted octanol–water partition coefficient (Wildman–Crippen LogP) is -0.240. The first-order valence-corrected chi connectivity index (χ1v) is 6.07. The van der Waals surface area contributed by atoms with Gasteiger partial charge in [0.1, 0.15) is 6.04 Å². The summed E-state index contributed by atoms with van der Waals surface area (Å²) in [7, 11) is 0. The standard InChI is InChI=1S/C10H13N3O4S/c1-5-3-8(15)13-10(11-5)18-4-7(9(16)17)12-6(2)14/h3,7H,4H2,1-2H3,(H,12,14)(H,16,17)(H,11,13,15). The molecule has 1 amide bonds. The van der Waals surface area contributed by atoms with Crippen LogP contribution in [0.2, 0.25) is 0 Å². The second-order valence-corrected chi connectivity index (χ2v) is 4.60. The van der Waals surface area contributed by atoms with E-state index in [0.717, 1.165) is 11.8 Å². The van der Waals surface area contributed by atoms with Crippen molar-refractivity contribution >= 4 is 23.6 Å². The minimum atomic E-state index is -1.13. The van der Waals surface area contributed by atoms with Gasteiger partial charge in [0.2, 0.25) is 5.91 Å². The number of thioether (sulfide) groups is 1. The van der Waals surface area contributed by atoms with Crippen LogP contribution in [0.3, 0.4) is 0 Å². The number of hydrogen-bond donors (Lipinski definition) is 3. The van der Waals surface area contributed by atoms with Crippen molar-refractivity contribution in [2.75, 3.05) is 5.75 Å². The maximum atomic E-state index is 11.2. The fourth-order valence-corrected chi connectivity index (χ4v) is 2.13. The van der Waals surface area contributed by atoms with Crippen molar-refractivity contribution in [3.63, 3.8) is 0 Å². The van der Waals surface area contributed by atoms with Crippen LogP contribution in [0.15, 0.2) is 16.0 Å². The summed E-state index contributed by atoms with van der Waals surface area (Å²) in [6, 6.07) is 0.324. The number of nitrogens with one attached hydrogen (secondary N) is 2. The highest BCUT2D eigenvalue weighted by molar-refractivity contribution is 7.99. The quantitative estimate of drug-likeness (QED) is 0.503. The summed E-state index contributed by atoms with van der Waals surface area (Å²) in [4.78, 5) is 39.4. The average Bonchev–Trinajstić information content (AvgIpc) is 2.21. The summed E-state index contributed by atoms with van der Waals surface area (Å²) in [5.41, 5.74) is 0.254. The molecule has 0 aliphatic heterocycles. The Hall–Kier alpha value is -1.83. The number of amides is 1. The molecule has 1 heterocycles. The van der Waals surface area contributed by atoms with E-state index in [1.54, 1.807) is 6.92 Å². The Kier molecular flexibility index (Phi) is 4.90. The Morgan fingerprint density at radius 1 is 1.61 bits per heavy atom. The number of aryl methyl sites for hydroxylation is 1. The lowest BCUT2D eigenvalue weighted by Gasteiger charge is -2.12. The van der Waals surface area contributed by atoms with Crippen LogP contribution in [0, 0.1) is 6.92 Å². The molecule has 1 unspecified atom stereocenters. The molecule has 0 radical (unpaired) electrons. The van der Waals surface area contributed by atoms with Gasteiger partial charge in [-0.05, 0) is 6.92 Å². The van der Waals surface area contributed by atoms with Crippen molar-refractivity contribution in [1.82, 2.24) is 15.3 Å². The van der Waals surface area contributed by atoms with E-state index in [9.17, 15) is 14.4 Å². The molecule has 0 saturated carbocycles. The second kappa shape index (κ2) is 6.20. The van der Waals surface area contributed by atoms with Crippen molar-refractivity contribution in [2.24, 2.45) is 0 Å². The Bertz CT molecular complexity index is 514. The second-order valence-electron chi connectivity index (χ2n) is 3.59. The fraction of sp³-hybridized carbons (Fsp3) is 0.400. The molecular weight excluding hydrogens is 258 g/mol. The third-order valence-corrected chi connectivity index (χ3v) is 2.88. The van der Waals surface area contributed by atoms with Gasteiger partial charge < -0.3 is 15.4 Å². The number of carbonyl (C=O) groups is 2. The normalized spacial score (nSPS) is 11.9. The topological polar surface area (TPSA) is 112 Å². The number of carbonyl (C=O) groups excluding carboxylic acids is 1. The van der Waals surface area contributed by atoms with E-state index in [-0.39, 0.29) is 11.3 Å². The number of rotatable bonds is 5. The van der Waals surface area contributed by atoms with E-state index >= 15 is 0 Å². The predicted molar refractivity (Wildman–Crippen MR) is 65.6 cm³/mol. The number of carboxylic acid groups (broad SMARTS) is 1. The summed E-state index contributed by atoms with van der Waals surface area (Å²) in [6.45, 7) is 2.91. The summed E-state index contributed by atoms with van der Waals surface area (Å²) in [6.07, 6.45) is 0. The van der Waals surface area contributed by atoms with Crippen LogP contribution in [-0.4, -0.2) is 38.7 Å². The number of hydrogen-bond acceptors (Lipinski definition) is 5. The van der Waals surface area contributed by atoms with E-state index in [1.165, 1.54) is 13.0 Å². The molecule has 98 valence electrons. The van der Waals surface area contributed by atoms with Gasteiger partial charge in [0.15, 0.2) is 5.16 Å². The molecule has 18 heavy (non-hydrogen) atoms. The lowest BCUT2D eigenvalue weighted by atomic mass is 10.3. The SMILES string of the molecule is CC(=O)NC(CSc1nc(C)cc(=O)[nH]1)C(=O)O. The van der Waals surface area contributed by atoms with Crippen LogP contribution in [0.4, 0.5) is 0 Å². The van der Waals surface area contributed by atoms with Gasteiger partial charge in [0, 0.05) is 24.4 Å². The highest BCUT2D eigenvalue weighted by atomic mass is 32.2. The largest absolute Gasteiger partial charge is 0.480 e. The van der Waals surface area contributed by atoms with Gasteiger partial charge in [0.25, 0.3) is 5.56 Å². The van der Waals surface area contributed by atoms with Gasteiger partial charge in [-0.1, -0.05) is 11.8 Å². The maximum absolute atomic E-state index is 11.2. The number of H-pyrrole nitrogens is 1. The first-order chi connectivity index (χ1) is 8.38. The van der Waals surface area contributed by atoms with Crippen molar-refractivity contribution < 1.29 is 14.7 Å². The smallest absolute Gasteiger partial charge is 0.327 e. The molecule has 0 fully saturated rings. The molecule has 7 nitrogen and oxygen atoms in total. The molecular formula is C10H13N3O4S. The molecule has 0 bridgehead atoms. The molecule has 3 N–H and O–H groups in total. The monoisotopic (exact) mass is 271 g/mol. The van der Waals surface area contributed by atoms with Gasteiger partial charge in [-0.3, -0.25) is 9.59 Å². The zero-order chi connectivity index (χ0) is 13.7. The van der Waals surface area contributed by atoms with E-state index in [1.807, 2.05) is 0 Å².